The molecule has 4 aromatic rings. The summed E-state index contributed by atoms with van der Waals surface area (Å²) in [5.74, 6) is -0.159. The van der Waals surface area contributed by atoms with E-state index < -0.39 is 36.4 Å². The van der Waals surface area contributed by atoms with Crippen molar-refractivity contribution in [1.29, 1.82) is 0 Å². The molecule has 0 bridgehead atoms. The van der Waals surface area contributed by atoms with Crippen molar-refractivity contribution in [1.82, 2.24) is 0 Å². The molecule has 2 unspecified atom stereocenters. The fourth-order valence-electron chi connectivity index (χ4n) is 7.20. The van der Waals surface area contributed by atoms with Gasteiger partial charge in [-0.05, 0) is 64.3 Å². The van der Waals surface area contributed by atoms with Crippen LogP contribution in [-0.4, -0.2) is 50.0 Å². The van der Waals surface area contributed by atoms with Crippen LogP contribution in [0.2, 0.25) is 51.4 Å². The number of hydrogen-bond donors (Lipinski definition) is 0. The Morgan fingerprint density at radius 3 is 1.06 bits per heavy atom. The van der Waals surface area contributed by atoms with E-state index in [0.717, 1.165) is 11.1 Å². The Morgan fingerprint density at radius 1 is 0.490 bits per heavy atom. The highest BCUT2D eigenvalue weighted by Crippen LogP contribution is 2.42. The fourth-order valence-corrected chi connectivity index (χ4v) is 22.3. The Labute approximate surface area is 296 Å². The van der Waals surface area contributed by atoms with Crippen LogP contribution >= 0.6 is 0 Å². The molecule has 2 atom stereocenters. The van der Waals surface area contributed by atoms with Crippen molar-refractivity contribution in [3.63, 3.8) is 0 Å². The number of ketones is 2. The van der Waals surface area contributed by atoms with Crippen LogP contribution in [0.4, 0.5) is 0 Å². The molecule has 0 aliphatic carbocycles. The third kappa shape index (κ3) is 9.49. The van der Waals surface area contributed by atoms with Gasteiger partial charge in [-0.2, -0.15) is 0 Å². The number of hydrogen-bond acceptors (Lipinski definition) is 6. The van der Waals surface area contributed by atoms with Crippen molar-refractivity contribution < 1.29 is 27.3 Å². The van der Waals surface area contributed by atoms with Gasteiger partial charge in [0.1, 0.15) is 0 Å². The van der Waals surface area contributed by atoms with E-state index in [1.807, 2.05) is 135 Å². The third-order valence-corrected chi connectivity index (χ3v) is 19.5. The molecule has 6 nitrogen and oxygen atoms in total. The average molecular weight is 713 g/mol. The molecule has 4 rings (SSSR count). The van der Waals surface area contributed by atoms with E-state index in [2.05, 4.69) is 39.3 Å². The zero-order chi connectivity index (χ0) is 35.8. The minimum absolute atomic E-state index is 0.0794. The van der Waals surface area contributed by atoms with Crippen LogP contribution in [-0.2, 0) is 28.9 Å². The molecule has 0 amide bonds. The first-order chi connectivity index (χ1) is 23.2. The van der Waals surface area contributed by atoms with Gasteiger partial charge < -0.3 is 17.7 Å². The molecule has 9 heteroatoms. The van der Waals surface area contributed by atoms with E-state index in [9.17, 15) is 9.59 Å². The smallest absolute Gasteiger partial charge is 0.311 e. The van der Waals surface area contributed by atoms with E-state index >= 15 is 0 Å². The molecule has 0 spiro atoms. The number of rotatable bonds is 18. The molecule has 0 N–H and O–H groups in total. The van der Waals surface area contributed by atoms with E-state index in [1.54, 1.807) is 0 Å². The third-order valence-electron chi connectivity index (χ3n) is 8.46. The molecule has 4 aromatic carbocycles. The summed E-state index contributed by atoms with van der Waals surface area (Å²) in [6.07, 6.45) is 0. The maximum absolute atomic E-state index is 14.4. The van der Waals surface area contributed by atoms with Crippen LogP contribution in [0.25, 0.3) is 0 Å². The first-order valence-corrected chi connectivity index (χ1v) is 26.2. The lowest BCUT2D eigenvalue weighted by Gasteiger charge is -2.44. The molecule has 0 fully saturated rings. The molecule has 49 heavy (non-hydrogen) atoms. The molecule has 260 valence electrons. The molecule has 0 radical (unpaired) electrons. The summed E-state index contributed by atoms with van der Waals surface area (Å²) in [4.78, 5) is 28.9. The van der Waals surface area contributed by atoms with Crippen LogP contribution in [0.5, 0.6) is 0 Å². The van der Waals surface area contributed by atoms with Gasteiger partial charge in [-0.15, -0.1) is 0 Å². The maximum atomic E-state index is 14.4. The first kappa shape index (κ1) is 38.5. The quantitative estimate of drug-likeness (QED) is 0.0756. The minimum atomic E-state index is -2.86. The Hall–Kier alpha value is -3.29. The number of carbonyl (C=O) groups excluding carboxylic acids is 2. The lowest BCUT2D eigenvalue weighted by atomic mass is 9.87. The zero-order valence-corrected chi connectivity index (χ0v) is 33.3. The highest BCUT2D eigenvalue weighted by atomic mass is 28.5. The normalized spacial score (nSPS) is 14.9. The van der Waals surface area contributed by atoms with Crippen LogP contribution < -0.4 is 0 Å². The van der Waals surface area contributed by atoms with Gasteiger partial charge in [0.05, 0.1) is 0 Å². The number of Topliss-reactive ketones (excluding diaryl/α,β-unsaturated/α-hetero) is 2. The van der Waals surface area contributed by atoms with Crippen molar-refractivity contribution in [2.75, 3.05) is 13.2 Å². The Bertz CT molecular complexity index is 1530. The topological polar surface area (TPSA) is 71.1 Å². The predicted octanol–water partition coefficient (Wildman–Crippen LogP) is 9.76. The largest absolute Gasteiger partial charge is 0.436 e. The van der Waals surface area contributed by atoms with Crippen LogP contribution in [0, 0.1) is 0 Å². The first-order valence-electron chi connectivity index (χ1n) is 17.2. The second-order valence-corrected chi connectivity index (χ2v) is 26.3. The molecule has 0 aliphatic rings. The van der Waals surface area contributed by atoms with E-state index in [4.69, 9.17) is 17.7 Å². The summed E-state index contributed by atoms with van der Waals surface area (Å²) in [5.41, 5.74) is 0.389. The van der Waals surface area contributed by atoms with E-state index in [0.29, 0.717) is 36.4 Å². The average Bonchev–Trinajstić information content (AvgIpc) is 3.07. The second kappa shape index (κ2) is 16.2. The lowest BCUT2D eigenvalue weighted by Crippen LogP contribution is -2.57. The molecule has 0 saturated heterocycles. The van der Waals surface area contributed by atoms with Gasteiger partial charge in [0.25, 0.3) is 0 Å². The summed E-state index contributed by atoms with van der Waals surface area (Å²) < 4.78 is 27.3. The summed E-state index contributed by atoms with van der Waals surface area (Å²) in [6, 6.07) is 39.1. The van der Waals surface area contributed by atoms with Gasteiger partial charge in [0.2, 0.25) is 0 Å². The Balaban J connectivity index is 1.67. The number of carbonyl (C=O) groups is 2. The Morgan fingerprint density at radius 2 is 0.776 bits per heavy atom. The van der Waals surface area contributed by atoms with Gasteiger partial charge in [0, 0.05) is 36.4 Å². The SMILES string of the molecule is CCOC(C[Si](C)(C)O[Si](C)(C)O[Si](C)(C)CC(OCC)(C(=O)c1ccccc1)c1ccccc1)(C(=O)c1ccccc1)c1ccccc1. The van der Waals surface area contributed by atoms with Gasteiger partial charge in [0.15, 0.2) is 39.4 Å². The fraction of sp³-hybridized carbons (Fsp3) is 0.350. The van der Waals surface area contributed by atoms with Crippen LogP contribution in [0.1, 0.15) is 45.7 Å². The monoisotopic (exact) mass is 712 g/mol. The van der Waals surface area contributed by atoms with Crippen molar-refractivity contribution in [2.45, 2.75) is 76.4 Å². The van der Waals surface area contributed by atoms with Gasteiger partial charge in [-0.25, -0.2) is 0 Å². The molecule has 0 aromatic heterocycles. The molecule has 0 aliphatic heterocycles. The second-order valence-electron chi connectivity index (χ2n) is 14.1. The van der Waals surface area contributed by atoms with Crippen molar-refractivity contribution in [2.24, 2.45) is 0 Å². The van der Waals surface area contributed by atoms with Crippen molar-refractivity contribution in [3.05, 3.63) is 144 Å². The van der Waals surface area contributed by atoms with Crippen LogP contribution in [0.3, 0.4) is 0 Å². The van der Waals surface area contributed by atoms with E-state index in [1.165, 1.54) is 0 Å². The summed E-state index contributed by atoms with van der Waals surface area (Å²) >= 11 is 0. The Kier molecular flexibility index (Phi) is 12.7. The zero-order valence-electron chi connectivity index (χ0n) is 30.3. The minimum Gasteiger partial charge on any atom is -0.436 e. The van der Waals surface area contributed by atoms with Crippen molar-refractivity contribution in [3.8, 4) is 0 Å². The van der Waals surface area contributed by atoms with Gasteiger partial charge in [-0.1, -0.05) is 121 Å². The summed E-state index contributed by atoms with van der Waals surface area (Å²) in [5, 5.41) is 0. The molecule has 0 saturated carbocycles. The standard InChI is InChI=1S/C40H52O6Si3/c1-9-43-39(35-27-19-13-20-28-35,37(41)33-23-15-11-16-24-33)31-47(3,4)45-49(7,8)46-48(5,6)32-40(44-10-2,36-29-21-14-22-30-36)38(42)34-25-17-12-18-26-34/h11-30H,9-10,31-32H2,1-8H3. The predicted molar refractivity (Wildman–Crippen MR) is 205 cm³/mol. The molecule has 0 heterocycles. The van der Waals surface area contributed by atoms with E-state index in [-0.39, 0.29) is 11.6 Å². The highest BCUT2D eigenvalue weighted by molar-refractivity contribution is 6.88. The van der Waals surface area contributed by atoms with Gasteiger partial charge >= 0.3 is 8.56 Å². The molecular weight excluding hydrogens is 661 g/mol. The summed E-state index contributed by atoms with van der Waals surface area (Å²) in [7, 11) is -8.23. The summed E-state index contributed by atoms with van der Waals surface area (Å²) in [6.45, 7) is 17.3. The number of ether oxygens (including phenoxy) is 2. The maximum Gasteiger partial charge on any atom is 0.311 e. The highest BCUT2D eigenvalue weighted by Gasteiger charge is 2.52. The lowest BCUT2D eigenvalue weighted by molar-refractivity contribution is -0.0152. The number of benzene rings is 4. The molecular formula is C40H52O6Si3. The van der Waals surface area contributed by atoms with Crippen molar-refractivity contribution >= 4 is 36.8 Å². The van der Waals surface area contributed by atoms with Crippen LogP contribution in [0.15, 0.2) is 121 Å². The van der Waals surface area contributed by atoms with Gasteiger partial charge in [-0.3, -0.25) is 9.59 Å².